The molecule has 0 aromatic heterocycles. The van der Waals surface area contributed by atoms with Crippen molar-refractivity contribution in [1.29, 1.82) is 0 Å². The lowest BCUT2D eigenvalue weighted by Gasteiger charge is -2.40. The molecule has 0 bridgehead atoms. The third-order valence-corrected chi connectivity index (χ3v) is 6.45. The van der Waals surface area contributed by atoms with Crippen LogP contribution < -0.4 is 5.32 Å². The van der Waals surface area contributed by atoms with Gasteiger partial charge in [0.15, 0.2) is 0 Å². The molecule has 1 fully saturated rings. The van der Waals surface area contributed by atoms with Crippen molar-refractivity contribution in [3.05, 3.63) is 0 Å². The molecular formula is C25H49NO2. The second kappa shape index (κ2) is 17.3. The number of hydrogen-bond donors (Lipinski definition) is 1. The van der Waals surface area contributed by atoms with Gasteiger partial charge in [-0.05, 0) is 12.8 Å². The summed E-state index contributed by atoms with van der Waals surface area (Å²) in [4.78, 5) is 12.0. The van der Waals surface area contributed by atoms with Crippen molar-refractivity contribution >= 4 is 5.91 Å². The fraction of sp³-hybridized carbons (Fsp3) is 0.960. The van der Waals surface area contributed by atoms with Crippen molar-refractivity contribution in [1.82, 2.24) is 5.32 Å². The largest absolute Gasteiger partial charge is 0.380 e. The van der Waals surface area contributed by atoms with Gasteiger partial charge in [-0.15, -0.1) is 0 Å². The molecule has 0 aromatic rings. The van der Waals surface area contributed by atoms with Gasteiger partial charge in [0.2, 0.25) is 5.91 Å². The molecule has 3 heteroatoms. The number of ether oxygens (including phenoxy) is 1. The van der Waals surface area contributed by atoms with Crippen LogP contribution in [0.2, 0.25) is 0 Å². The highest BCUT2D eigenvalue weighted by molar-refractivity contribution is 5.76. The first-order chi connectivity index (χ1) is 13.7. The zero-order chi connectivity index (χ0) is 20.3. The number of carbonyl (C=O) groups is 1. The van der Waals surface area contributed by atoms with Crippen LogP contribution in [0, 0.1) is 5.41 Å². The molecule has 1 aliphatic rings. The lowest BCUT2D eigenvalue weighted by atomic mass is 9.80. The molecule has 1 N–H and O–H groups in total. The Balaban J connectivity index is 1.73. The van der Waals surface area contributed by atoms with E-state index in [2.05, 4.69) is 19.2 Å². The number of carbonyl (C=O) groups excluding carboxylic acids is 1. The first-order valence-corrected chi connectivity index (χ1v) is 12.6. The van der Waals surface area contributed by atoms with Crippen LogP contribution in [-0.2, 0) is 9.53 Å². The molecule has 0 atom stereocenters. The second-order valence-electron chi connectivity index (χ2n) is 9.18. The lowest BCUT2D eigenvalue weighted by Crippen LogP contribution is -2.45. The summed E-state index contributed by atoms with van der Waals surface area (Å²) < 4.78 is 5.29. The predicted octanol–water partition coefficient (Wildman–Crippen LogP) is 7.18. The summed E-state index contributed by atoms with van der Waals surface area (Å²) in [7, 11) is 0. The van der Waals surface area contributed by atoms with Gasteiger partial charge in [-0.3, -0.25) is 4.79 Å². The van der Waals surface area contributed by atoms with E-state index >= 15 is 0 Å². The molecule has 166 valence electrons. The summed E-state index contributed by atoms with van der Waals surface area (Å²) in [5, 5.41) is 3.10. The quantitative estimate of drug-likeness (QED) is 0.222. The van der Waals surface area contributed by atoms with Crippen LogP contribution in [0.1, 0.15) is 129 Å². The molecule has 1 rings (SSSR count). The Kier molecular flexibility index (Phi) is 15.7. The minimum absolute atomic E-state index is 0.138. The van der Waals surface area contributed by atoms with E-state index < -0.39 is 0 Å². The summed E-state index contributed by atoms with van der Waals surface area (Å²) in [5.41, 5.74) is 0.138. The van der Waals surface area contributed by atoms with E-state index in [9.17, 15) is 4.79 Å². The first-order valence-electron chi connectivity index (χ1n) is 12.6. The highest BCUT2D eigenvalue weighted by atomic mass is 16.5. The Morgan fingerprint density at radius 2 is 1.14 bits per heavy atom. The fourth-order valence-electron chi connectivity index (χ4n) is 4.13. The molecule has 1 saturated heterocycles. The average Bonchev–Trinajstić information content (AvgIpc) is 2.67. The number of hydrogen-bond acceptors (Lipinski definition) is 2. The van der Waals surface area contributed by atoms with Gasteiger partial charge in [-0.2, -0.15) is 0 Å². The molecule has 28 heavy (non-hydrogen) atoms. The van der Waals surface area contributed by atoms with Crippen LogP contribution in [-0.4, -0.2) is 25.7 Å². The number of unbranched alkanes of at least 4 members (excludes halogenated alkanes) is 15. The van der Waals surface area contributed by atoms with Crippen molar-refractivity contribution in [2.45, 2.75) is 129 Å². The number of nitrogens with one attached hydrogen (secondary N) is 1. The van der Waals surface area contributed by atoms with Crippen LogP contribution in [0.5, 0.6) is 0 Å². The highest BCUT2D eigenvalue weighted by Crippen LogP contribution is 2.34. The fourth-order valence-corrected chi connectivity index (χ4v) is 4.13. The van der Waals surface area contributed by atoms with Gasteiger partial charge in [-0.1, -0.05) is 110 Å². The van der Waals surface area contributed by atoms with E-state index in [1.807, 2.05) is 0 Å². The zero-order valence-corrected chi connectivity index (χ0v) is 19.2. The monoisotopic (exact) mass is 395 g/mol. The van der Waals surface area contributed by atoms with E-state index in [1.165, 1.54) is 96.3 Å². The molecule has 1 aliphatic heterocycles. The van der Waals surface area contributed by atoms with Gasteiger partial charge >= 0.3 is 0 Å². The Morgan fingerprint density at radius 1 is 0.714 bits per heavy atom. The lowest BCUT2D eigenvalue weighted by molar-refractivity contribution is -0.143. The standard InChI is InChI=1S/C25H49NO2/c1-3-5-6-7-8-9-10-11-12-13-14-15-16-17-18-19-20-26-24(27)21-25(4-2)22-28-23-25/h3-23H2,1-2H3,(H,26,27). The zero-order valence-electron chi connectivity index (χ0n) is 19.2. The van der Waals surface area contributed by atoms with Gasteiger partial charge in [0.25, 0.3) is 0 Å². The molecule has 0 unspecified atom stereocenters. The van der Waals surface area contributed by atoms with Crippen LogP contribution in [0.15, 0.2) is 0 Å². The van der Waals surface area contributed by atoms with Crippen molar-refractivity contribution in [2.24, 2.45) is 5.41 Å². The first kappa shape index (κ1) is 25.5. The molecule has 0 spiro atoms. The summed E-state index contributed by atoms with van der Waals surface area (Å²) in [5.74, 6) is 0.214. The van der Waals surface area contributed by atoms with Gasteiger partial charge in [0, 0.05) is 18.4 Å². The summed E-state index contributed by atoms with van der Waals surface area (Å²) in [6.45, 7) is 6.81. The number of amides is 1. The van der Waals surface area contributed by atoms with Crippen molar-refractivity contribution in [3.8, 4) is 0 Å². The van der Waals surface area contributed by atoms with Crippen LogP contribution in [0.4, 0.5) is 0 Å². The van der Waals surface area contributed by atoms with E-state index in [-0.39, 0.29) is 11.3 Å². The Hall–Kier alpha value is -0.570. The molecule has 0 aliphatic carbocycles. The highest BCUT2D eigenvalue weighted by Gasteiger charge is 2.38. The van der Waals surface area contributed by atoms with Gasteiger partial charge in [0.05, 0.1) is 13.2 Å². The van der Waals surface area contributed by atoms with Gasteiger partial charge in [-0.25, -0.2) is 0 Å². The topological polar surface area (TPSA) is 38.3 Å². The average molecular weight is 396 g/mol. The van der Waals surface area contributed by atoms with Crippen LogP contribution in [0.3, 0.4) is 0 Å². The maximum absolute atomic E-state index is 12.0. The molecule has 0 aromatic carbocycles. The van der Waals surface area contributed by atoms with Crippen LogP contribution >= 0.6 is 0 Å². The maximum atomic E-state index is 12.0. The Labute approximate surface area is 175 Å². The molecule has 0 radical (unpaired) electrons. The second-order valence-corrected chi connectivity index (χ2v) is 9.18. The third-order valence-electron chi connectivity index (χ3n) is 6.45. The minimum atomic E-state index is 0.138. The summed E-state index contributed by atoms with van der Waals surface area (Å²) >= 11 is 0. The SMILES string of the molecule is CCCCCCCCCCCCCCCCCCNC(=O)CC1(CC)COC1. The van der Waals surface area contributed by atoms with E-state index in [4.69, 9.17) is 4.74 Å². The molecule has 3 nitrogen and oxygen atoms in total. The minimum Gasteiger partial charge on any atom is -0.380 e. The van der Waals surface area contributed by atoms with Crippen molar-refractivity contribution in [3.63, 3.8) is 0 Å². The Bertz CT molecular complexity index is 360. The third kappa shape index (κ3) is 12.8. The summed E-state index contributed by atoms with van der Waals surface area (Å²) in [6.07, 6.45) is 23.9. The Morgan fingerprint density at radius 3 is 1.50 bits per heavy atom. The molecule has 0 saturated carbocycles. The van der Waals surface area contributed by atoms with Crippen molar-refractivity contribution < 1.29 is 9.53 Å². The van der Waals surface area contributed by atoms with E-state index in [0.29, 0.717) is 6.42 Å². The molecular weight excluding hydrogens is 346 g/mol. The molecule has 1 heterocycles. The smallest absolute Gasteiger partial charge is 0.220 e. The normalized spacial score (nSPS) is 15.4. The summed E-state index contributed by atoms with van der Waals surface area (Å²) in [6, 6.07) is 0. The van der Waals surface area contributed by atoms with Gasteiger partial charge < -0.3 is 10.1 Å². The maximum Gasteiger partial charge on any atom is 0.220 e. The van der Waals surface area contributed by atoms with E-state index in [0.717, 1.165) is 32.6 Å². The molecule has 1 amide bonds. The van der Waals surface area contributed by atoms with Crippen LogP contribution in [0.25, 0.3) is 0 Å². The van der Waals surface area contributed by atoms with Crippen molar-refractivity contribution in [2.75, 3.05) is 19.8 Å². The predicted molar refractivity (Wildman–Crippen MR) is 121 cm³/mol. The van der Waals surface area contributed by atoms with E-state index in [1.54, 1.807) is 0 Å². The van der Waals surface area contributed by atoms with Gasteiger partial charge in [0.1, 0.15) is 0 Å². The number of rotatable bonds is 20.